The van der Waals surface area contributed by atoms with Gasteiger partial charge in [-0.05, 0) is 40.6 Å². The summed E-state index contributed by atoms with van der Waals surface area (Å²) in [6.45, 7) is 0.559. The number of nitrogens with one attached hydrogen (secondary N) is 2. The number of rotatable bonds is 4. The van der Waals surface area contributed by atoms with E-state index in [1.165, 1.54) is 16.4 Å². The van der Waals surface area contributed by atoms with Crippen LogP contribution in [0.1, 0.15) is 11.5 Å². The molecular weight excluding hydrogens is 362 g/mol. The fourth-order valence-corrected chi connectivity index (χ4v) is 5.67. The van der Waals surface area contributed by atoms with E-state index in [2.05, 4.69) is 9.97 Å². The van der Waals surface area contributed by atoms with Crippen LogP contribution in [0.15, 0.2) is 44.7 Å². The molecule has 1 aliphatic rings. The molecular formula is C16H17N3O4S2. The third-order valence-electron chi connectivity index (χ3n) is 4.74. The first-order chi connectivity index (χ1) is 12.0. The van der Waals surface area contributed by atoms with Gasteiger partial charge in [0.25, 0.3) is 0 Å². The summed E-state index contributed by atoms with van der Waals surface area (Å²) < 4.78 is 27.4. The van der Waals surface area contributed by atoms with E-state index in [-0.39, 0.29) is 35.6 Å². The summed E-state index contributed by atoms with van der Waals surface area (Å²) >= 11 is 1.56. The molecule has 0 aliphatic carbocycles. The zero-order valence-electron chi connectivity index (χ0n) is 13.2. The van der Waals surface area contributed by atoms with Crippen molar-refractivity contribution in [3.8, 4) is 0 Å². The van der Waals surface area contributed by atoms with Gasteiger partial charge < -0.3 is 15.1 Å². The van der Waals surface area contributed by atoms with Crippen LogP contribution in [0.3, 0.4) is 0 Å². The van der Waals surface area contributed by atoms with E-state index in [0.717, 1.165) is 5.56 Å². The van der Waals surface area contributed by atoms with Crippen molar-refractivity contribution < 1.29 is 13.5 Å². The number of hydrogen-bond donors (Lipinski definition) is 3. The summed E-state index contributed by atoms with van der Waals surface area (Å²) in [5, 5.41) is 13.6. The molecule has 3 aromatic rings. The molecule has 1 fully saturated rings. The second-order valence-electron chi connectivity index (χ2n) is 6.21. The first-order valence-corrected chi connectivity index (χ1v) is 10.2. The van der Waals surface area contributed by atoms with Gasteiger partial charge in [0.15, 0.2) is 0 Å². The van der Waals surface area contributed by atoms with Crippen LogP contribution in [0.5, 0.6) is 0 Å². The van der Waals surface area contributed by atoms with Gasteiger partial charge in [0.1, 0.15) is 0 Å². The molecule has 3 heterocycles. The largest absolute Gasteiger partial charge is 0.396 e. The molecule has 1 aliphatic heterocycles. The molecule has 1 aromatic carbocycles. The lowest BCUT2D eigenvalue weighted by Crippen LogP contribution is -2.29. The number of hydrogen-bond acceptors (Lipinski definition) is 5. The molecule has 9 heteroatoms. The highest BCUT2D eigenvalue weighted by Gasteiger charge is 2.39. The average molecular weight is 379 g/mol. The Balaban J connectivity index is 1.68. The number of fused-ring (bicyclic) bond motifs is 1. The van der Waals surface area contributed by atoms with Gasteiger partial charge in [0.05, 0.1) is 15.9 Å². The Morgan fingerprint density at radius 3 is 2.72 bits per heavy atom. The predicted molar refractivity (Wildman–Crippen MR) is 95.3 cm³/mol. The summed E-state index contributed by atoms with van der Waals surface area (Å²) in [4.78, 5) is 16.7. The maximum Gasteiger partial charge on any atom is 0.323 e. The summed E-state index contributed by atoms with van der Waals surface area (Å²) in [6, 6.07) is 6.52. The molecule has 1 saturated heterocycles. The van der Waals surface area contributed by atoms with Crippen LogP contribution in [0, 0.1) is 5.92 Å². The molecule has 0 saturated carbocycles. The fourth-order valence-electron chi connectivity index (χ4n) is 3.40. The number of benzene rings is 1. The van der Waals surface area contributed by atoms with E-state index in [1.54, 1.807) is 17.4 Å². The predicted octanol–water partition coefficient (Wildman–Crippen LogP) is 1.31. The summed E-state index contributed by atoms with van der Waals surface area (Å²) in [5.74, 6) is -0.137. The van der Waals surface area contributed by atoms with Gasteiger partial charge in [-0.1, -0.05) is 0 Å². The van der Waals surface area contributed by atoms with E-state index < -0.39 is 10.0 Å². The number of aromatic amines is 2. The van der Waals surface area contributed by atoms with Crippen LogP contribution < -0.4 is 5.69 Å². The number of thiophene rings is 1. The van der Waals surface area contributed by atoms with Crippen molar-refractivity contribution in [2.45, 2.75) is 10.8 Å². The smallest absolute Gasteiger partial charge is 0.323 e. The molecule has 0 amide bonds. The molecule has 2 atom stereocenters. The summed E-state index contributed by atoms with van der Waals surface area (Å²) in [6.07, 6.45) is 0. The quantitative estimate of drug-likeness (QED) is 0.635. The Labute approximate surface area is 148 Å². The second kappa shape index (κ2) is 6.10. The van der Waals surface area contributed by atoms with Crippen molar-refractivity contribution in [3.63, 3.8) is 0 Å². The first-order valence-electron chi connectivity index (χ1n) is 7.84. The lowest BCUT2D eigenvalue weighted by atomic mass is 9.92. The summed E-state index contributed by atoms with van der Waals surface area (Å²) in [5.41, 5.74) is 1.71. The number of nitrogens with zero attached hydrogens (tertiary/aromatic N) is 1. The van der Waals surface area contributed by atoms with Crippen LogP contribution in [0.2, 0.25) is 0 Å². The van der Waals surface area contributed by atoms with Crippen molar-refractivity contribution in [3.05, 3.63) is 51.1 Å². The number of aliphatic hydroxyl groups is 1. The van der Waals surface area contributed by atoms with Crippen LogP contribution in [-0.2, 0) is 10.0 Å². The Kier molecular flexibility index (Phi) is 4.03. The molecule has 0 unspecified atom stereocenters. The highest BCUT2D eigenvalue weighted by Crippen LogP contribution is 2.36. The highest BCUT2D eigenvalue weighted by atomic mass is 32.2. The van der Waals surface area contributed by atoms with Crippen LogP contribution in [0.25, 0.3) is 11.0 Å². The van der Waals surface area contributed by atoms with Gasteiger partial charge >= 0.3 is 5.69 Å². The molecule has 0 bridgehead atoms. The third-order valence-corrected chi connectivity index (χ3v) is 7.27. The van der Waals surface area contributed by atoms with Crippen LogP contribution in [0.4, 0.5) is 0 Å². The number of H-pyrrole nitrogens is 2. The lowest BCUT2D eigenvalue weighted by molar-refractivity contribution is 0.223. The molecule has 7 nitrogen and oxygen atoms in total. The van der Waals surface area contributed by atoms with Crippen molar-refractivity contribution in [2.75, 3.05) is 19.7 Å². The maximum atomic E-state index is 13.0. The van der Waals surface area contributed by atoms with Gasteiger partial charge in [-0.2, -0.15) is 15.6 Å². The minimum absolute atomic E-state index is 0.0122. The van der Waals surface area contributed by atoms with Gasteiger partial charge in [-0.15, -0.1) is 0 Å². The monoisotopic (exact) mass is 379 g/mol. The number of imidazole rings is 1. The Hall–Kier alpha value is -1.94. The minimum Gasteiger partial charge on any atom is -0.396 e. The van der Waals surface area contributed by atoms with Gasteiger partial charge in [0.2, 0.25) is 10.0 Å². The van der Waals surface area contributed by atoms with Crippen molar-refractivity contribution >= 4 is 32.4 Å². The Morgan fingerprint density at radius 2 is 2.00 bits per heavy atom. The average Bonchev–Trinajstić information content (AvgIpc) is 3.31. The number of aromatic nitrogens is 2. The van der Waals surface area contributed by atoms with Gasteiger partial charge in [-0.25, -0.2) is 13.2 Å². The highest BCUT2D eigenvalue weighted by molar-refractivity contribution is 7.89. The van der Waals surface area contributed by atoms with Crippen molar-refractivity contribution in [2.24, 2.45) is 5.92 Å². The molecule has 25 heavy (non-hydrogen) atoms. The third kappa shape index (κ3) is 2.82. The molecule has 4 rings (SSSR count). The SMILES string of the molecule is O=c1[nH]c2ccc(S(=O)(=O)N3C[C@H](CO)[C@@H](c4ccsc4)C3)cc2[nH]1. The van der Waals surface area contributed by atoms with E-state index in [9.17, 15) is 18.3 Å². The van der Waals surface area contributed by atoms with Crippen LogP contribution in [-0.4, -0.2) is 47.5 Å². The van der Waals surface area contributed by atoms with E-state index in [1.807, 2.05) is 16.8 Å². The Morgan fingerprint density at radius 1 is 1.20 bits per heavy atom. The van der Waals surface area contributed by atoms with Gasteiger partial charge in [0, 0.05) is 31.5 Å². The van der Waals surface area contributed by atoms with E-state index >= 15 is 0 Å². The first kappa shape index (κ1) is 16.5. The van der Waals surface area contributed by atoms with Crippen molar-refractivity contribution in [1.29, 1.82) is 0 Å². The second-order valence-corrected chi connectivity index (χ2v) is 8.93. The fraction of sp³-hybridized carbons (Fsp3) is 0.312. The minimum atomic E-state index is -3.70. The van der Waals surface area contributed by atoms with Gasteiger partial charge in [-0.3, -0.25) is 0 Å². The molecule has 0 spiro atoms. The zero-order valence-corrected chi connectivity index (χ0v) is 14.8. The zero-order chi connectivity index (χ0) is 17.6. The standard InChI is InChI=1S/C16H17N3O4S2/c20-8-11-6-19(7-13(11)10-3-4-24-9-10)25(22,23)12-1-2-14-15(5-12)18-16(21)17-14/h1-5,9,11,13,20H,6-8H2,(H2,17,18,21)/t11-,13-/m1/s1. The lowest BCUT2D eigenvalue weighted by Gasteiger charge is -2.16. The molecule has 132 valence electrons. The molecule has 0 radical (unpaired) electrons. The Bertz CT molecular complexity index is 1050. The number of sulfonamides is 1. The maximum absolute atomic E-state index is 13.0. The number of aliphatic hydroxyl groups excluding tert-OH is 1. The van der Waals surface area contributed by atoms with E-state index in [4.69, 9.17) is 0 Å². The topological polar surface area (TPSA) is 106 Å². The van der Waals surface area contributed by atoms with Crippen LogP contribution >= 0.6 is 11.3 Å². The van der Waals surface area contributed by atoms with E-state index in [0.29, 0.717) is 17.6 Å². The molecule has 3 N–H and O–H groups in total. The normalized spacial score (nSPS) is 22.0. The molecule has 2 aromatic heterocycles. The van der Waals surface area contributed by atoms with Crippen molar-refractivity contribution in [1.82, 2.24) is 14.3 Å². The summed E-state index contributed by atoms with van der Waals surface area (Å²) in [7, 11) is -3.70.